The second-order valence-electron chi connectivity index (χ2n) is 7.03. The zero-order chi connectivity index (χ0) is 17.0. The van der Waals surface area contributed by atoms with E-state index in [1.807, 2.05) is 20.8 Å². The lowest BCUT2D eigenvalue weighted by Gasteiger charge is -2.30. The maximum absolute atomic E-state index is 12.9. The Morgan fingerprint density at radius 2 is 1.91 bits per heavy atom. The molecule has 0 bridgehead atoms. The number of rotatable bonds is 9. The fourth-order valence-corrected chi connectivity index (χ4v) is 3.47. The van der Waals surface area contributed by atoms with E-state index < -0.39 is 13.5 Å². The molecule has 140 valence electrons. The topological polar surface area (TPSA) is 57.2 Å². The molecular weight excluding hydrogens is 343 g/mol. The van der Waals surface area contributed by atoms with Crippen molar-refractivity contribution in [3.63, 3.8) is 0 Å². The monoisotopic (exact) mass is 374 g/mol. The van der Waals surface area contributed by atoms with E-state index in [2.05, 4.69) is 21.1 Å². The molecule has 2 unspecified atom stereocenters. The highest BCUT2D eigenvalue weighted by molar-refractivity contribution is 7.51. The Kier molecular flexibility index (Phi) is 9.22. The summed E-state index contributed by atoms with van der Waals surface area (Å²) in [5.74, 6) is -0.612. The van der Waals surface area contributed by atoms with Crippen LogP contribution in [-0.4, -0.2) is 82.1 Å². The molecule has 1 saturated heterocycles. The molecule has 0 saturated carbocycles. The molecule has 1 aliphatic rings. The van der Waals surface area contributed by atoms with Crippen molar-refractivity contribution in [3.8, 4) is 0 Å². The first kappa shape index (κ1) is 23.3. The molecule has 0 aliphatic carbocycles. The van der Waals surface area contributed by atoms with Crippen molar-refractivity contribution in [2.45, 2.75) is 32.7 Å². The lowest BCUT2D eigenvalue weighted by Crippen LogP contribution is -3.00. The van der Waals surface area contributed by atoms with E-state index in [1.165, 1.54) is 0 Å². The fraction of sp³-hybridized carbons (Fsp3) is 1.00. The van der Waals surface area contributed by atoms with Crippen LogP contribution in [0.1, 0.15) is 20.8 Å². The van der Waals surface area contributed by atoms with Crippen LogP contribution in [0.15, 0.2) is 0 Å². The Labute approximate surface area is 146 Å². The Balaban J connectivity index is 0.00000484. The van der Waals surface area contributed by atoms with Crippen LogP contribution < -0.4 is 12.4 Å². The summed E-state index contributed by atoms with van der Waals surface area (Å²) in [4.78, 5) is 0. The summed E-state index contributed by atoms with van der Waals surface area (Å²) in [6.07, 6.45) is -0.226. The zero-order valence-corrected chi connectivity index (χ0v) is 17.0. The van der Waals surface area contributed by atoms with Crippen molar-refractivity contribution in [2.75, 3.05) is 61.1 Å². The maximum atomic E-state index is 12.9. The van der Waals surface area contributed by atoms with Gasteiger partial charge in [0.05, 0.1) is 54.1 Å². The van der Waals surface area contributed by atoms with Gasteiger partial charge in [0.15, 0.2) is 5.79 Å². The minimum Gasteiger partial charge on any atom is -1.00 e. The molecule has 0 amide bonds. The van der Waals surface area contributed by atoms with Gasteiger partial charge >= 0.3 is 7.75 Å². The Morgan fingerprint density at radius 1 is 1.30 bits per heavy atom. The van der Waals surface area contributed by atoms with Crippen LogP contribution in [0.2, 0.25) is 0 Å². The van der Waals surface area contributed by atoms with E-state index in [4.69, 9.17) is 18.5 Å². The molecular formula is C14H32ClN2O5P. The molecule has 1 fully saturated rings. The fourth-order valence-electron chi connectivity index (χ4n) is 1.99. The van der Waals surface area contributed by atoms with Gasteiger partial charge in [0.2, 0.25) is 0 Å². The van der Waals surface area contributed by atoms with Crippen molar-refractivity contribution in [3.05, 3.63) is 0 Å². The number of quaternary nitrogens is 1. The molecule has 1 rings (SSSR count). The smallest absolute Gasteiger partial charge is 0.408 e. The number of halogens is 1. The van der Waals surface area contributed by atoms with Crippen molar-refractivity contribution < 1.29 is 40.0 Å². The first-order valence-corrected chi connectivity index (χ1v) is 9.20. The predicted octanol–water partition coefficient (Wildman–Crippen LogP) is -1.06. The van der Waals surface area contributed by atoms with Crippen LogP contribution in [0.5, 0.6) is 0 Å². The van der Waals surface area contributed by atoms with E-state index in [0.29, 0.717) is 19.8 Å². The van der Waals surface area contributed by atoms with E-state index in [9.17, 15) is 4.57 Å². The number of ether oxygens (including phenoxy) is 2. The van der Waals surface area contributed by atoms with Crippen LogP contribution in [0, 0.1) is 0 Å². The maximum Gasteiger partial charge on any atom is 0.408 e. The molecule has 0 radical (unpaired) electrons. The van der Waals surface area contributed by atoms with Gasteiger partial charge in [-0.3, -0.25) is 9.05 Å². The predicted molar refractivity (Wildman–Crippen MR) is 85.6 cm³/mol. The highest BCUT2D eigenvalue weighted by Gasteiger charge is 2.37. The molecule has 0 aromatic rings. The Hall–Kier alpha value is 0.280. The van der Waals surface area contributed by atoms with Gasteiger partial charge in [-0.2, -0.15) is 0 Å². The summed E-state index contributed by atoms with van der Waals surface area (Å²) in [5, 5.41) is 0. The molecule has 23 heavy (non-hydrogen) atoms. The van der Waals surface area contributed by atoms with Gasteiger partial charge in [0.25, 0.3) is 0 Å². The third kappa shape index (κ3) is 8.27. The molecule has 0 N–H and O–H groups in total. The third-order valence-electron chi connectivity index (χ3n) is 3.30. The van der Waals surface area contributed by atoms with E-state index in [1.54, 1.807) is 11.7 Å². The van der Waals surface area contributed by atoms with Crippen LogP contribution in [0.3, 0.4) is 0 Å². The van der Waals surface area contributed by atoms with Crippen molar-refractivity contribution in [2.24, 2.45) is 0 Å². The van der Waals surface area contributed by atoms with Crippen LogP contribution in [0.4, 0.5) is 0 Å². The lowest BCUT2D eigenvalue weighted by atomic mass is 10.4. The van der Waals surface area contributed by atoms with E-state index in [0.717, 1.165) is 11.0 Å². The van der Waals surface area contributed by atoms with Gasteiger partial charge in [-0.1, -0.05) is 0 Å². The standard InChI is InChI=1S/C14H32N2O5P.ClH/c1-8-19-22(17,15(4)9-10-16(5,6)7)20-12-13-11-18-14(2,3)21-13;/h13H,8-12H2,1-7H3;1H/q+1;/p-1. The quantitative estimate of drug-likeness (QED) is 0.379. The van der Waals surface area contributed by atoms with Gasteiger partial charge in [-0.25, -0.2) is 9.24 Å². The SMILES string of the molecule is CCOP(=O)(OCC1COC(C)(C)O1)N(C)CC[N+](C)(C)C.[Cl-]. The Morgan fingerprint density at radius 3 is 2.35 bits per heavy atom. The number of nitrogens with zero attached hydrogens (tertiary/aromatic N) is 2. The third-order valence-corrected chi connectivity index (χ3v) is 5.39. The average Bonchev–Trinajstić information content (AvgIpc) is 2.73. The van der Waals surface area contributed by atoms with Crippen molar-refractivity contribution in [1.29, 1.82) is 0 Å². The minimum absolute atomic E-state index is 0. The summed E-state index contributed by atoms with van der Waals surface area (Å²) >= 11 is 0. The van der Waals surface area contributed by atoms with Gasteiger partial charge in [0.1, 0.15) is 6.10 Å². The number of hydrogen-bond acceptors (Lipinski definition) is 5. The van der Waals surface area contributed by atoms with E-state index >= 15 is 0 Å². The largest absolute Gasteiger partial charge is 1.00 e. The van der Waals surface area contributed by atoms with Crippen molar-refractivity contribution in [1.82, 2.24) is 4.67 Å². The van der Waals surface area contributed by atoms with Crippen LogP contribution >= 0.6 is 7.75 Å². The van der Waals surface area contributed by atoms with Crippen LogP contribution in [-0.2, 0) is 23.1 Å². The normalized spacial score (nSPS) is 23.6. The van der Waals surface area contributed by atoms with E-state index in [-0.39, 0.29) is 25.1 Å². The molecule has 7 nitrogen and oxygen atoms in total. The summed E-state index contributed by atoms with van der Waals surface area (Å²) in [6, 6.07) is 0. The summed E-state index contributed by atoms with van der Waals surface area (Å²) in [7, 11) is 4.73. The molecule has 0 aromatic heterocycles. The molecule has 1 aliphatic heterocycles. The second kappa shape index (κ2) is 9.11. The first-order valence-electron chi connectivity index (χ1n) is 7.70. The number of hydrogen-bond donors (Lipinski definition) is 0. The highest BCUT2D eigenvalue weighted by atomic mass is 35.5. The average molecular weight is 375 g/mol. The number of likely N-dealkylation sites (N-methyl/N-ethyl adjacent to an activating group) is 2. The molecule has 0 spiro atoms. The highest BCUT2D eigenvalue weighted by Crippen LogP contribution is 2.51. The summed E-state index contributed by atoms with van der Waals surface area (Å²) < 4.78 is 37.6. The second-order valence-corrected chi connectivity index (χ2v) is 9.16. The molecule has 9 heteroatoms. The van der Waals surface area contributed by atoms with Gasteiger partial charge in [-0.05, 0) is 27.8 Å². The van der Waals surface area contributed by atoms with Gasteiger partial charge < -0.3 is 26.4 Å². The van der Waals surface area contributed by atoms with Crippen molar-refractivity contribution >= 4 is 7.75 Å². The summed E-state index contributed by atoms with van der Waals surface area (Å²) in [5.41, 5.74) is 0. The zero-order valence-electron chi connectivity index (χ0n) is 15.4. The minimum atomic E-state index is -3.30. The lowest BCUT2D eigenvalue weighted by molar-refractivity contribution is -0.869. The molecule has 0 aromatic carbocycles. The summed E-state index contributed by atoms with van der Waals surface area (Å²) in [6.45, 7) is 7.92. The van der Waals surface area contributed by atoms with Gasteiger partial charge in [0, 0.05) is 0 Å². The van der Waals surface area contributed by atoms with Crippen LogP contribution in [0.25, 0.3) is 0 Å². The first-order chi connectivity index (χ1) is 9.97. The Bertz CT molecular complexity index is 403. The van der Waals surface area contributed by atoms with Gasteiger partial charge in [-0.15, -0.1) is 0 Å². The molecule has 1 heterocycles. The molecule has 2 atom stereocenters.